The van der Waals surface area contributed by atoms with E-state index >= 15 is 0 Å². The number of hydrogen-bond acceptors (Lipinski definition) is 3. The van der Waals surface area contributed by atoms with Crippen LogP contribution in [0, 0.1) is 20.8 Å². The van der Waals surface area contributed by atoms with Crippen LogP contribution in [0.2, 0.25) is 0 Å². The lowest BCUT2D eigenvalue weighted by atomic mass is 9.72. The van der Waals surface area contributed by atoms with E-state index < -0.39 is 0 Å². The zero-order valence-corrected chi connectivity index (χ0v) is 40.8. The summed E-state index contributed by atoms with van der Waals surface area (Å²) in [6, 6.07) is 58.7. The predicted octanol–water partition coefficient (Wildman–Crippen LogP) is 18.5. The summed E-state index contributed by atoms with van der Waals surface area (Å²) in [6.45, 7) is 21.2. The van der Waals surface area contributed by atoms with Crippen LogP contribution >= 0.6 is 0 Å². The summed E-state index contributed by atoms with van der Waals surface area (Å²) in [4.78, 5) is 2.54. The molecule has 3 aliphatic carbocycles. The molecule has 69 heavy (non-hydrogen) atoms. The Hall–Kier alpha value is -7.62. The van der Waals surface area contributed by atoms with E-state index in [9.17, 15) is 0 Å². The van der Waals surface area contributed by atoms with Crippen molar-refractivity contribution in [3.63, 3.8) is 0 Å². The lowest BCUT2D eigenvalue weighted by Crippen LogP contribution is -2.24. The van der Waals surface area contributed by atoms with Gasteiger partial charge >= 0.3 is 0 Å². The third-order valence-corrected chi connectivity index (χ3v) is 16.7. The van der Waals surface area contributed by atoms with Gasteiger partial charge in [-0.3, -0.25) is 0 Å². The Kier molecular flexibility index (Phi) is 7.94. The summed E-state index contributed by atoms with van der Waals surface area (Å²) in [7, 11) is 0. The summed E-state index contributed by atoms with van der Waals surface area (Å²) in [5, 5.41) is 4.75. The maximum absolute atomic E-state index is 6.99. The number of hydrogen-bond donors (Lipinski definition) is 0. The number of fused-ring (bicyclic) bond motifs is 19. The Bertz CT molecular complexity index is 4050. The second-order valence-electron chi connectivity index (χ2n) is 21.8. The Balaban J connectivity index is 0.998. The van der Waals surface area contributed by atoms with E-state index in [1.165, 1.54) is 111 Å². The van der Waals surface area contributed by atoms with Crippen LogP contribution in [0.5, 0.6) is 0 Å². The minimum Gasteiger partial charge on any atom is -0.455 e. The van der Waals surface area contributed by atoms with Crippen molar-refractivity contribution in [3.05, 3.63) is 208 Å². The van der Waals surface area contributed by atoms with E-state index in [1.807, 2.05) is 0 Å². The van der Waals surface area contributed by atoms with Gasteiger partial charge in [0.25, 0.3) is 0 Å². The molecule has 0 amide bonds. The molecule has 0 aliphatic heterocycles. The van der Waals surface area contributed by atoms with Gasteiger partial charge in [0.2, 0.25) is 0 Å². The molecule has 2 aromatic heterocycles. The third kappa shape index (κ3) is 5.18. The first-order valence-electron chi connectivity index (χ1n) is 24.6. The lowest BCUT2D eigenvalue weighted by molar-refractivity contribution is 0.600. The highest BCUT2D eigenvalue weighted by atomic mass is 16.3. The molecule has 14 rings (SSSR count). The number of anilines is 3. The van der Waals surface area contributed by atoms with Crippen molar-refractivity contribution in [3.8, 4) is 44.5 Å². The Labute approximate surface area is 403 Å². The number of furan rings is 2. The Morgan fingerprint density at radius 3 is 1.58 bits per heavy atom. The second kappa shape index (κ2) is 13.5. The van der Waals surface area contributed by atoms with E-state index in [2.05, 4.69) is 225 Å². The maximum Gasteiger partial charge on any atom is 0.144 e. The molecule has 0 spiro atoms. The van der Waals surface area contributed by atoms with Gasteiger partial charge in [0, 0.05) is 60.3 Å². The molecule has 0 bridgehead atoms. The smallest absolute Gasteiger partial charge is 0.144 e. The summed E-state index contributed by atoms with van der Waals surface area (Å²) < 4.78 is 13.8. The SMILES string of the molecule is Cc1ccc(-c2cc3c(c4c2oc2ccccc24)-c2ccc(N(c4ccc5c(c4)C(C)(C)c4c6c(c7oc8ccccc8c7c4-5)-c4ccccc4C6(C)C)c4c(C)cccc4C)cc2C3(C)C)cc1. The van der Waals surface area contributed by atoms with Crippen molar-refractivity contribution in [2.45, 2.75) is 78.6 Å². The molecule has 11 aromatic rings. The van der Waals surface area contributed by atoms with Gasteiger partial charge in [0.05, 0.1) is 5.69 Å². The molecular weight excluding hydrogens is 839 g/mol. The molecule has 334 valence electrons. The first kappa shape index (κ1) is 40.4. The van der Waals surface area contributed by atoms with Crippen LogP contribution in [0.25, 0.3) is 88.4 Å². The fraction of sp³-hybridized carbons (Fsp3) is 0.182. The highest BCUT2D eigenvalue weighted by molar-refractivity contribution is 6.21. The fourth-order valence-electron chi connectivity index (χ4n) is 13.4. The molecule has 3 nitrogen and oxygen atoms in total. The van der Waals surface area contributed by atoms with Crippen molar-refractivity contribution in [1.29, 1.82) is 0 Å². The molecule has 0 atom stereocenters. The molecule has 0 saturated heterocycles. The fourth-order valence-corrected chi connectivity index (χ4v) is 13.4. The van der Waals surface area contributed by atoms with E-state index in [1.54, 1.807) is 0 Å². The molecule has 2 heterocycles. The van der Waals surface area contributed by atoms with Crippen molar-refractivity contribution in [2.24, 2.45) is 0 Å². The summed E-state index contributed by atoms with van der Waals surface area (Å²) >= 11 is 0. The van der Waals surface area contributed by atoms with Crippen LogP contribution in [0.1, 0.15) is 91.6 Å². The molecule has 0 saturated carbocycles. The summed E-state index contributed by atoms with van der Waals surface area (Å²) in [5.41, 5.74) is 28.3. The molecule has 0 fully saturated rings. The van der Waals surface area contributed by atoms with Gasteiger partial charge in [0.1, 0.15) is 22.3 Å². The predicted molar refractivity (Wildman–Crippen MR) is 288 cm³/mol. The van der Waals surface area contributed by atoms with Gasteiger partial charge in [-0.2, -0.15) is 0 Å². The number of benzene rings is 9. The van der Waals surface area contributed by atoms with E-state index in [-0.39, 0.29) is 16.2 Å². The van der Waals surface area contributed by atoms with Gasteiger partial charge in [-0.15, -0.1) is 0 Å². The van der Waals surface area contributed by atoms with Gasteiger partial charge in [-0.1, -0.05) is 162 Å². The van der Waals surface area contributed by atoms with Crippen LogP contribution in [0.15, 0.2) is 167 Å². The topological polar surface area (TPSA) is 29.5 Å². The standard InChI is InChI=1S/C66H53NO2/c1-36-25-27-39(28-26-36)47-35-51-54(56-45-20-11-14-23-52(45)68-62(47)56)43-31-29-40(33-49(43)64(51,4)5)67(61-37(2)17-16-18-38(61)3)41-30-32-44-50(34-41)66(8,9)59-55(44)57-46-21-12-15-24-53(46)69-63(57)58-42-19-10-13-22-48(42)65(6,7)60(58)59/h10-35H,1-9H3. The summed E-state index contributed by atoms with van der Waals surface area (Å²) in [6.07, 6.45) is 0. The number of rotatable bonds is 4. The molecule has 9 aromatic carbocycles. The van der Waals surface area contributed by atoms with Crippen LogP contribution < -0.4 is 4.90 Å². The quantitative estimate of drug-likeness (QED) is 0.176. The van der Waals surface area contributed by atoms with Crippen LogP contribution in [0.3, 0.4) is 0 Å². The maximum atomic E-state index is 6.99. The largest absolute Gasteiger partial charge is 0.455 e. The minimum absolute atomic E-state index is 0.223. The molecule has 0 radical (unpaired) electrons. The average Bonchev–Trinajstić information content (AvgIpc) is 4.09. The third-order valence-electron chi connectivity index (χ3n) is 16.7. The van der Waals surface area contributed by atoms with Gasteiger partial charge < -0.3 is 13.7 Å². The van der Waals surface area contributed by atoms with Gasteiger partial charge in [0.15, 0.2) is 0 Å². The summed E-state index contributed by atoms with van der Waals surface area (Å²) in [5.74, 6) is 0. The average molecular weight is 892 g/mol. The number of aryl methyl sites for hydroxylation is 3. The minimum atomic E-state index is -0.321. The zero-order chi connectivity index (χ0) is 47.0. The zero-order valence-electron chi connectivity index (χ0n) is 40.8. The number of nitrogens with zero attached hydrogens (tertiary/aromatic N) is 1. The molecule has 3 heteroatoms. The lowest BCUT2D eigenvalue weighted by Gasteiger charge is -2.32. The van der Waals surface area contributed by atoms with Crippen molar-refractivity contribution in [2.75, 3.05) is 4.90 Å². The van der Waals surface area contributed by atoms with Gasteiger partial charge in [-0.05, 0) is 141 Å². The highest BCUT2D eigenvalue weighted by Crippen LogP contribution is 2.64. The first-order chi connectivity index (χ1) is 33.2. The molecule has 3 aliphatic rings. The normalized spacial score (nSPS) is 15.4. The van der Waals surface area contributed by atoms with E-state index in [0.717, 1.165) is 44.7 Å². The van der Waals surface area contributed by atoms with Crippen LogP contribution in [-0.4, -0.2) is 0 Å². The molecule has 0 unspecified atom stereocenters. The van der Waals surface area contributed by atoms with Crippen molar-refractivity contribution in [1.82, 2.24) is 0 Å². The van der Waals surface area contributed by atoms with E-state index in [0.29, 0.717) is 0 Å². The highest BCUT2D eigenvalue weighted by Gasteiger charge is 2.49. The molecular formula is C66H53NO2. The Morgan fingerprint density at radius 1 is 0.391 bits per heavy atom. The molecule has 0 N–H and O–H groups in total. The van der Waals surface area contributed by atoms with Crippen LogP contribution in [-0.2, 0) is 16.2 Å². The Morgan fingerprint density at radius 2 is 0.913 bits per heavy atom. The van der Waals surface area contributed by atoms with Gasteiger partial charge in [-0.25, -0.2) is 0 Å². The monoisotopic (exact) mass is 891 g/mol. The number of para-hydroxylation sites is 3. The first-order valence-corrected chi connectivity index (χ1v) is 24.6. The van der Waals surface area contributed by atoms with Crippen molar-refractivity contribution >= 4 is 60.9 Å². The van der Waals surface area contributed by atoms with Crippen molar-refractivity contribution < 1.29 is 8.83 Å². The van der Waals surface area contributed by atoms with Crippen LogP contribution in [0.4, 0.5) is 17.1 Å². The second-order valence-corrected chi connectivity index (χ2v) is 21.8. The van der Waals surface area contributed by atoms with E-state index in [4.69, 9.17) is 8.83 Å².